The molecular weight excluding hydrogens is 240 g/mol. The summed E-state index contributed by atoms with van der Waals surface area (Å²) in [6, 6.07) is 16.5. The minimum Gasteiger partial charge on any atom is -0.508 e. The maximum absolute atomic E-state index is 11.6. The average molecular weight is 256 g/mol. The lowest BCUT2D eigenvalue weighted by molar-refractivity contribution is -0.144. The standard InChI is InChI=1S/C16H16O3/c17-15-8-4-7-13(11-15)9-10-16(18)19-12-14-5-2-1-3-6-14/h1-8,11,17H,9-10,12H2. The van der Waals surface area contributed by atoms with E-state index in [-0.39, 0.29) is 11.7 Å². The molecule has 0 bridgehead atoms. The van der Waals surface area contributed by atoms with Crippen molar-refractivity contribution in [2.24, 2.45) is 0 Å². The number of aryl methyl sites for hydroxylation is 1. The molecule has 1 N–H and O–H groups in total. The number of phenolic OH excluding ortho intramolecular Hbond substituents is 1. The van der Waals surface area contributed by atoms with Gasteiger partial charge in [0.25, 0.3) is 0 Å². The van der Waals surface area contributed by atoms with Crippen LogP contribution in [0.1, 0.15) is 17.5 Å². The fraction of sp³-hybridized carbons (Fsp3) is 0.188. The second kappa shape index (κ2) is 6.59. The summed E-state index contributed by atoms with van der Waals surface area (Å²) < 4.78 is 5.18. The molecule has 0 aliphatic rings. The van der Waals surface area contributed by atoms with Gasteiger partial charge in [-0.2, -0.15) is 0 Å². The normalized spacial score (nSPS) is 10.1. The molecule has 0 saturated heterocycles. The zero-order valence-corrected chi connectivity index (χ0v) is 10.6. The molecule has 3 nitrogen and oxygen atoms in total. The molecule has 19 heavy (non-hydrogen) atoms. The second-order valence-corrected chi connectivity index (χ2v) is 4.32. The van der Waals surface area contributed by atoms with Crippen LogP contribution in [0.2, 0.25) is 0 Å². The van der Waals surface area contributed by atoms with E-state index in [4.69, 9.17) is 4.74 Å². The number of rotatable bonds is 5. The Hall–Kier alpha value is -2.29. The summed E-state index contributed by atoms with van der Waals surface area (Å²) in [7, 11) is 0. The topological polar surface area (TPSA) is 46.5 Å². The summed E-state index contributed by atoms with van der Waals surface area (Å²) in [5.74, 6) is -0.0117. The third-order valence-electron chi connectivity index (χ3n) is 2.77. The summed E-state index contributed by atoms with van der Waals surface area (Å²) in [4.78, 5) is 11.6. The van der Waals surface area contributed by atoms with E-state index in [2.05, 4.69) is 0 Å². The summed E-state index contributed by atoms with van der Waals surface area (Å²) in [5, 5.41) is 9.31. The third-order valence-corrected chi connectivity index (χ3v) is 2.77. The van der Waals surface area contributed by atoms with Crippen LogP contribution in [0.4, 0.5) is 0 Å². The summed E-state index contributed by atoms with van der Waals surface area (Å²) in [6.45, 7) is 0.305. The number of carbonyl (C=O) groups excluding carboxylic acids is 1. The highest BCUT2D eigenvalue weighted by atomic mass is 16.5. The molecule has 0 saturated carbocycles. The predicted molar refractivity (Wildman–Crippen MR) is 72.7 cm³/mol. The Morgan fingerprint density at radius 2 is 1.74 bits per heavy atom. The first-order valence-electron chi connectivity index (χ1n) is 6.21. The van der Waals surface area contributed by atoms with E-state index in [0.717, 1.165) is 11.1 Å². The number of esters is 1. The zero-order valence-electron chi connectivity index (χ0n) is 10.6. The van der Waals surface area contributed by atoms with Crippen molar-refractivity contribution in [1.29, 1.82) is 0 Å². The van der Waals surface area contributed by atoms with Crippen LogP contribution in [0.5, 0.6) is 5.75 Å². The highest BCUT2D eigenvalue weighted by Gasteiger charge is 2.04. The first-order valence-corrected chi connectivity index (χ1v) is 6.21. The van der Waals surface area contributed by atoms with Gasteiger partial charge in [0.2, 0.25) is 0 Å². The molecule has 2 aromatic carbocycles. The SMILES string of the molecule is O=C(CCc1cccc(O)c1)OCc1ccccc1. The Bertz CT molecular complexity index is 535. The van der Waals surface area contributed by atoms with Gasteiger partial charge in [0, 0.05) is 6.42 Å². The van der Waals surface area contributed by atoms with E-state index >= 15 is 0 Å². The number of phenols is 1. The quantitative estimate of drug-likeness (QED) is 0.836. The van der Waals surface area contributed by atoms with Crippen LogP contribution in [0.15, 0.2) is 54.6 Å². The first kappa shape index (κ1) is 13.1. The first-order chi connectivity index (χ1) is 9.24. The van der Waals surface area contributed by atoms with Crippen molar-refractivity contribution in [3.63, 3.8) is 0 Å². The van der Waals surface area contributed by atoms with E-state index in [1.807, 2.05) is 36.4 Å². The molecule has 0 amide bonds. The number of hydrogen-bond donors (Lipinski definition) is 1. The molecule has 3 heteroatoms. The van der Waals surface area contributed by atoms with Crippen molar-refractivity contribution in [3.05, 3.63) is 65.7 Å². The molecule has 2 rings (SSSR count). The number of benzene rings is 2. The van der Waals surface area contributed by atoms with Gasteiger partial charge in [0.15, 0.2) is 0 Å². The van der Waals surface area contributed by atoms with E-state index in [9.17, 15) is 9.90 Å². The second-order valence-electron chi connectivity index (χ2n) is 4.32. The molecule has 0 unspecified atom stereocenters. The molecule has 0 radical (unpaired) electrons. The molecule has 0 aromatic heterocycles. The molecule has 0 atom stereocenters. The Labute approximate surface area is 112 Å². The number of ether oxygens (including phenoxy) is 1. The van der Waals surface area contributed by atoms with Crippen LogP contribution < -0.4 is 0 Å². The lowest BCUT2D eigenvalue weighted by atomic mass is 10.1. The Kier molecular flexibility index (Phi) is 4.56. The van der Waals surface area contributed by atoms with Gasteiger partial charge in [-0.15, -0.1) is 0 Å². The van der Waals surface area contributed by atoms with Crippen molar-refractivity contribution in [2.75, 3.05) is 0 Å². The van der Waals surface area contributed by atoms with Gasteiger partial charge in [-0.25, -0.2) is 0 Å². The summed E-state index contributed by atoms with van der Waals surface area (Å²) in [6.07, 6.45) is 0.887. The highest BCUT2D eigenvalue weighted by Crippen LogP contribution is 2.13. The molecule has 0 aliphatic carbocycles. The number of carbonyl (C=O) groups is 1. The minimum atomic E-state index is -0.229. The van der Waals surface area contributed by atoms with E-state index in [1.54, 1.807) is 18.2 Å². The Morgan fingerprint density at radius 3 is 2.47 bits per heavy atom. The highest BCUT2D eigenvalue weighted by molar-refractivity contribution is 5.69. The maximum Gasteiger partial charge on any atom is 0.306 e. The van der Waals surface area contributed by atoms with Crippen LogP contribution in [0.25, 0.3) is 0 Å². The molecule has 0 fully saturated rings. The van der Waals surface area contributed by atoms with Crippen molar-refractivity contribution < 1.29 is 14.6 Å². The number of hydrogen-bond acceptors (Lipinski definition) is 3. The van der Waals surface area contributed by atoms with Crippen molar-refractivity contribution >= 4 is 5.97 Å². The van der Waals surface area contributed by atoms with Gasteiger partial charge < -0.3 is 9.84 Å². The average Bonchev–Trinajstić information content (AvgIpc) is 2.44. The van der Waals surface area contributed by atoms with Gasteiger partial charge >= 0.3 is 5.97 Å². The largest absolute Gasteiger partial charge is 0.508 e. The predicted octanol–water partition coefficient (Wildman–Crippen LogP) is 3.07. The number of aromatic hydroxyl groups is 1. The van der Waals surface area contributed by atoms with Crippen molar-refractivity contribution in [3.8, 4) is 5.75 Å². The zero-order chi connectivity index (χ0) is 13.5. The van der Waals surface area contributed by atoms with E-state index in [0.29, 0.717) is 19.4 Å². The van der Waals surface area contributed by atoms with Crippen LogP contribution in [0, 0.1) is 0 Å². The Morgan fingerprint density at radius 1 is 1.00 bits per heavy atom. The monoisotopic (exact) mass is 256 g/mol. The lowest BCUT2D eigenvalue weighted by Gasteiger charge is -2.05. The molecule has 98 valence electrons. The van der Waals surface area contributed by atoms with Gasteiger partial charge in [0.05, 0.1) is 0 Å². The van der Waals surface area contributed by atoms with Crippen LogP contribution in [0.3, 0.4) is 0 Å². The molecular formula is C16H16O3. The fourth-order valence-electron chi connectivity index (χ4n) is 1.77. The van der Waals surface area contributed by atoms with E-state index in [1.165, 1.54) is 0 Å². The third kappa shape index (κ3) is 4.47. The van der Waals surface area contributed by atoms with Gasteiger partial charge in [-0.1, -0.05) is 42.5 Å². The summed E-state index contributed by atoms with van der Waals surface area (Å²) >= 11 is 0. The Balaban J connectivity index is 1.76. The smallest absolute Gasteiger partial charge is 0.306 e. The van der Waals surface area contributed by atoms with Gasteiger partial charge in [-0.3, -0.25) is 4.79 Å². The van der Waals surface area contributed by atoms with E-state index < -0.39 is 0 Å². The lowest BCUT2D eigenvalue weighted by Crippen LogP contribution is -2.05. The van der Waals surface area contributed by atoms with Crippen LogP contribution in [-0.4, -0.2) is 11.1 Å². The molecule has 0 aliphatic heterocycles. The van der Waals surface area contributed by atoms with Crippen LogP contribution in [-0.2, 0) is 22.6 Å². The molecule has 0 heterocycles. The van der Waals surface area contributed by atoms with Crippen LogP contribution >= 0.6 is 0 Å². The molecule has 2 aromatic rings. The van der Waals surface area contributed by atoms with Crippen molar-refractivity contribution in [1.82, 2.24) is 0 Å². The maximum atomic E-state index is 11.6. The molecule has 0 spiro atoms. The summed E-state index contributed by atoms with van der Waals surface area (Å²) in [5.41, 5.74) is 1.91. The van der Waals surface area contributed by atoms with Crippen molar-refractivity contribution in [2.45, 2.75) is 19.4 Å². The van der Waals surface area contributed by atoms with Gasteiger partial charge in [-0.05, 0) is 29.7 Å². The minimum absolute atomic E-state index is 0.218. The fourth-order valence-corrected chi connectivity index (χ4v) is 1.77. The van der Waals surface area contributed by atoms with Gasteiger partial charge in [0.1, 0.15) is 12.4 Å².